The van der Waals surface area contributed by atoms with Crippen molar-refractivity contribution in [1.82, 2.24) is 0 Å². The molecule has 2 N–H and O–H groups in total. The minimum absolute atomic E-state index is 0.0968. The van der Waals surface area contributed by atoms with Crippen LogP contribution in [0.4, 0.5) is 4.39 Å². The molecular weight excluding hydrogens is 267 g/mol. The van der Waals surface area contributed by atoms with E-state index in [-0.39, 0.29) is 17.4 Å². The van der Waals surface area contributed by atoms with Crippen molar-refractivity contribution in [3.8, 4) is 11.8 Å². The van der Waals surface area contributed by atoms with Crippen LogP contribution < -0.4 is 10.5 Å². The molecule has 0 spiro atoms. The first-order valence-electron chi connectivity index (χ1n) is 6.70. The van der Waals surface area contributed by atoms with Gasteiger partial charge in [0.25, 0.3) is 0 Å². The van der Waals surface area contributed by atoms with Gasteiger partial charge in [-0.25, -0.2) is 4.39 Å². The zero-order chi connectivity index (χ0) is 15.4. The van der Waals surface area contributed by atoms with E-state index in [0.29, 0.717) is 0 Å². The fourth-order valence-electron chi connectivity index (χ4n) is 2.16. The normalized spacial score (nSPS) is 13.3. The van der Waals surface area contributed by atoms with Gasteiger partial charge in [-0.1, -0.05) is 24.3 Å². The topological polar surface area (TPSA) is 59.0 Å². The summed E-state index contributed by atoms with van der Waals surface area (Å²) in [6.07, 6.45) is -0.450. The molecule has 2 aromatic rings. The highest BCUT2D eigenvalue weighted by molar-refractivity contribution is 5.37. The summed E-state index contributed by atoms with van der Waals surface area (Å²) in [6.45, 7) is 3.78. The molecule has 0 radical (unpaired) electrons. The molecule has 0 saturated heterocycles. The summed E-state index contributed by atoms with van der Waals surface area (Å²) in [6, 6.07) is 13.4. The number of nitrogens with zero attached hydrogens (tertiary/aromatic N) is 1. The van der Waals surface area contributed by atoms with E-state index in [4.69, 9.17) is 15.7 Å². The van der Waals surface area contributed by atoms with Crippen molar-refractivity contribution in [3.63, 3.8) is 0 Å². The van der Waals surface area contributed by atoms with Gasteiger partial charge in [-0.15, -0.1) is 0 Å². The highest BCUT2D eigenvalue weighted by Gasteiger charge is 2.21. The van der Waals surface area contributed by atoms with Crippen LogP contribution in [0, 0.1) is 24.1 Å². The third kappa shape index (κ3) is 3.39. The maximum atomic E-state index is 14.0. The molecule has 0 fully saturated rings. The molecule has 0 amide bonds. The predicted molar refractivity (Wildman–Crippen MR) is 79.3 cm³/mol. The number of aryl methyl sites for hydroxylation is 1. The van der Waals surface area contributed by atoms with Gasteiger partial charge in [-0.3, -0.25) is 0 Å². The number of benzene rings is 2. The van der Waals surface area contributed by atoms with Crippen LogP contribution in [0.1, 0.15) is 29.7 Å². The van der Waals surface area contributed by atoms with E-state index >= 15 is 0 Å². The molecule has 2 rings (SSSR count). The number of nitrogens with two attached hydrogens (primary N) is 1. The third-order valence-corrected chi connectivity index (χ3v) is 3.29. The number of halogens is 1. The predicted octanol–water partition coefficient (Wildman–Crippen LogP) is 3.47. The number of ether oxygens (including phenoxy) is 1. The van der Waals surface area contributed by atoms with Crippen LogP contribution in [-0.4, -0.2) is 6.04 Å². The van der Waals surface area contributed by atoms with Gasteiger partial charge in [0.2, 0.25) is 0 Å². The lowest BCUT2D eigenvalue weighted by Crippen LogP contribution is -2.29. The van der Waals surface area contributed by atoms with Gasteiger partial charge in [0.05, 0.1) is 11.6 Å². The van der Waals surface area contributed by atoms with Crippen molar-refractivity contribution in [3.05, 3.63) is 65.0 Å². The Morgan fingerprint density at radius 1 is 1.24 bits per heavy atom. The van der Waals surface area contributed by atoms with Crippen molar-refractivity contribution in [2.75, 3.05) is 0 Å². The SMILES string of the molecule is Cc1ccccc1C(Oc1ccc(C#N)cc1F)C(C)N. The largest absolute Gasteiger partial charge is 0.481 e. The van der Waals surface area contributed by atoms with E-state index in [0.717, 1.165) is 17.2 Å². The quantitative estimate of drug-likeness (QED) is 0.935. The molecule has 108 valence electrons. The Hall–Kier alpha value is -2.38. The first kappa shape index (κ1) is 15.0. The van der Waals surface area contributed by atoms with E-state index < -0.39 is 11.9 Å². The highest BCUT2D eigenvalue weighted by atomic mass is 19.1. The molecule has 2 unspecified atom stereocenters. The Labute approximate surface area is 123 Å². The Balaban J connectivity index is 2.34. The molecule has 21 heavy (non-hydrogen) atoms. The Kier molecular flexibility index (Phi) is 4.56. The van der Waals surface area contributed by atoms with Crippen molar-refractivity contribution in [1.29, 1.82) is 5.26 Å². The second-order valence-electron chi connectivity index (χ2n) is 5.01. The molecule has 0 aliphatic carbocycles. The lowest BCUT2D eigenvalue weighted by molar-refractivity contribution is 0.172. The molecule has 0 aliphatic heterocycles. The van der Waals surface area contributed by atoms with Crippen LogP contribution in [0.3, 0.4) is 0 Å². The maximum Gasteiger partial charge on any atom is 0.166 e. The van der Waals surface area contributed by atoms with Crippen LogP contribution in [-0.2, 0) is 0 Å². The zero-order valence-corrected chi connectivity index (χ0v) is 12.0. The van der Waals surface area contributed by atoms with E-state index in [1.165, 1.54) is 12.1 Å². The van der Waals surface area contributed by atoms with E-state index in [1.54, 1.807) is 0 Å². The van der Waals surface area contributed by atoms with E-state index in [2.05, 4.69) is 0 Å². The second-order valence-corrected chi connectivity index (χ2v) is 5.01. The Bertz CT molecular complexity index is 677. The fourth-order valence-corrected chi connectivity index (χ4v) is 2.16. The molecule has 3 nitrogen and oxygen atoms in total. The van der Waals surface area contributed by atoms with Gasteiger partial charge in [0.1, 0.15) is 6.10 Å². The molecule has 0 saturated carbocycles. The van der Waals surface area contributed by atoms with Crippen LogP contribution in [0.25, 0.3) is 0 Å². The minimum atomic E-state index is -0.562. The van der Waals surface area contributed by atoms with Gasteiger partial charge in [-0.2, -0.15) is 5.26 Å². The average Bonchev–Trinajstić information content (AvgIpc) is 2.46. The molecule has 0 aromatic heterocycles. The Morgan fingerprint density at radius 3 is 2.52 bits per heavy atom. The number of hydrogen-bond acceptors (Lipinski definition) is 3. The maximum absolute atomic E-state index is 14.0. The first-order valence-corrected chi connectivity index (χ1v) is 6.70. The summed E-state index contributed by atoms with van der Waals surface area (Å²) in [7, 11) is 0. The monoisotopic (exact) mass is 284 g/mol. The molecule has 0 aliphatic rings. The summed E-state index contributed by atoms with van der Waals surface area (Å²) in [5, 5.41) is 8.76. The van der Waals surface area contributed by atoms with Crippen molar-refractivity contribution in [2.24, 2.45) is 5.73 Å². The van der Waals surface area contributed by atoms with Crippen molar-refractivity contribution < 1.29 is 9.13 Å². The summed E-state index contributed by atoms with van der Waals surface area (Å²) < 4.78 is 19.7. The van der Waals surface area contributed by atoms with Crippen LogP contribution >= 0.6 is 0 Å². The summed E-state index contributed by atoms with van der Waals surface area (Å²) >= 11 is 0. The third-order valence-electron chi connectivity index (χ3n) is 3.29. The van der Waals surface area contributed by atoms with Gasteiger partial charge in [-0.05, 0) is 43.2 Å². The van der Waals surface area contributed by atoms with Crippen LogP contribution in [0.5, 0.6) is 5.75 Å². The molecular formula is C17H17FN2O. The molecule has 0 bridgehead atoms. The summed E-state index contributed by atoms with van der Waals surface area (Å²) in [4.78, 5) is 0. The first-order chi connectivity index (χ1) is 10.0. The fraction of sp³-hybridized carbons (Fsp3) is 0.235. The van der Waals surface area contributed by atoms with E-state index in [9.17, 15) is 4.39 Å². The molecule has 2 aromatic carbocycles. The second kappa shape index (κ2) is 6.38. The number of nitriles is 1. The zero-order valence-electron chi connectivity index (χ0n) is 12.0. The summed E-state index contributed by atoms with van der Waals surface area (Å²) in [5.41, 5.74) is 8.21. The molecule has 2 atom stereocenters. The van der Waals surface area contributed by atoms with Crippen molar-refractivity contribution in [2.45, 2.75) is 26.0 Å². The lowest BCUT2D eigenvalue weighted by atomic mass is 9.99. The van der Waals surface area contributed by atoms with Gasteiger partial charge in [0, 0.05) is 6.04 Å². The summed E-state index contributed by atoms with van der Waals surface area (Å²) in [5.74, 6) is -0.465. The van der Waals surface area contributed by atoms with Gasteiger partial charge in [0.15, 0.2) is 11.6 Å². The highest BCUT2D eigenvalue weighted by Crippen LogP contribution is 2.28. The minimum Gasteiger partial charge on any atom is -0.481 e. The standard InChI is InChI=1S/C17H17FN2O/c1-11-5-3-4-6-14(11)17(12(2)20)21-16-8-7-13(10-19)9-15(16)18/h3-9,12,17H,20H2,1-2H3. The average molecular weight is 284 g/mol. The van der Waals surface area contributed by atoms with E-state index in [1.807, 2.05) is 44.2 Å². The van der Waals surface area contributed by atoms with Gasteiger partial charge >= 0.3 is 0 Å². The van der Waals surface area contributed by atoms with Crippen molar-refractivity contribution >= 4 is 0 Å². The van der Waals surface area contributed by atoms with Crippen LogP contribution in [0.2, 0.25) is 0 Å². The van der Waals surface area contributed by atoms with Crippen LogP contribution in [0.15, 0.2) is 42.5 Å². The number of rotatable bonds is 4. The Morgan fingerprint density at radius 2 is 1.95 bits per heavy atom. The van der Waals surface area contributed by atoms with Gasteiger partial charge < -0.3 is 10.5 Å². The molecule has 0 heterocycles. The lowest BCUT2D eigenvalue weighted by Gasteiger charge is -2.24. The smallest absolute Gasteiger partial charge is 0.166 e. The molecule has 4 heteroatoms. The number of hydrogen-bond donors (Lipinski definition) is 1.